The summed E-state index contributed by atoms with van der Waals surface area (Å²) in [4.78, 5) is 65.9. The summed E-state index contributed by atoms with van der Waals surface area (Å²) >= 11 is 6.97. The van der Waals surface area contributed by atoms with Gasteiger partial charge in [-0.1, -0.05) is 64.7 Å². The van der Waals surface area contributed by atoms with Gasteiger partial charge in [0, 0.05) is 37.5 Å². The number of morpholine rings is 1. The molecule has 2 saturated heterocycles. The number of ether oxygens (including phenoxy) is 5. The minimum atomic E-state index is -1.44. The number of benzene rings is 1. The fourth-order valence-corrected chi connectivity index (χ4v) is 8.91. The van der Waals surface area contributed by atoms with Crippen LogP contribution in [0.3, 0.4) is 0 Å². The molecule has 2 aliphatic heterocycles. The highest BCUT2D eigenvalue weighted by molar-refractivity contribution is 6.36. The molecule has 3 aromatic rings. The fourth-order valence-electron chi connectivity index (χ4n) is 8.65. The maximum Gasteiger partial charge on any atom is 0.408 e. The Hall–Kier alpha value is -4.94. The van der Waals surface area contributed by atoms with Crippen LogP contribution in [0.5, 0.6) is 23.4 Å². The number of hydrogen-bond acceptors (Lipinski definition) is 13. The number of likely N-dealkylation sites (tertiary alicyclic amines) is 1. The van der Waals surface area contributed by atoms with E-state index in [1.807, 2.05) is 27.7 Å². The van der Waals surface area contributed by atoms with Crippen LogP contribution in [-0.4, -0.2) is 135 Å². The van der Waals surface area contributed by atoms with E-state index in [-0.39, 0.29) is 54.1 Å². The fraction of sp³-hybridized carbons (Fsp3) is 0.643. The molecule has 7 rings (SSSR count). The number of aliphatic carboxylic acids is 1. The molecule has 4 fully saturated rings. The molecule has 2 aliphatic carbocycles. The third kappa shape index (κ3) is 9.91. The van der Waals surface area contributed by atoms with E-state index >= 15 is 0 Å². The summed E-state index contributed by atoms with van der Waals surface area (Å²) in [6.07, 6.45) is 1.85. The van der Waals surface area contributed by atoms with E-state index in [0.29, 0.717) is 61.3 Å². The molecule has 1 unspecified atom stereocenters. The number of H-pyrrole nitrogens is 1. The number of carbonyl (C=O) groups excluding carboxylic acids is 3. The number of amides is 3. The standard InChI is InChI=1S/C42H57ClN8O10/c1-7-25-20-42(25,38(54)55)48-36(52)29-18-27(21-51(29)37(53)35(41(4,5)6)47-40(56)60-26-16-23(2)24(3)17-26)59-31-19-32(61-39-44-22-45-49-39)46-34-28(31)8-9-30(33(34)43)58-15-12-50-10-13-57-14-11-50/h8-9,19,22-27,29,35H,7,10-18,20-21H2,1-6H3,(H,47,56)(H,48,52)(H,54,55)(H,44,45,49)/t23-,24?,25-,26+,27-,29+,35-,42-/m1/s1. The van der Waals surface area contributed by atoms with Crippen LogP contribution in [0.2, 0.25) is 5.02 Å². The number of carbonyl (C=O) groups is 4. The maximum absolute atomic E-state index is 14.7. The maximum atomic E-state index is 14.7. The highest BCUT2D eigenvalue weighted by atomic mass is 35.5. The van der Waals surface area contributed by atoms with Crippen molar-refractivity contribution in [3.63, 3.8) is 0 Å². The molecule has 4 aliphatic rings. The zero-order valence-electron chi connectivity index (χ0n) is 35.6. The Kier molecular flexibility index (Phi) is 13.2. The van der Waals surface area contributed by atoms with Crippen molar-refractivity contribution >= 4 is 46.4 Å². The van der Waals surface area contributed by atoms with E-state index < -0.39 is 53.0 Å². The van der Waals surface area contributed by atoms with E-state index in [0.717, 1.165) is 25.9 Å². The van der Waals surface area contributed by atoms with E-state index in [1.165, 1.54) is 11.2 Å². The van der Waals surface area contributed by atoms with E-state index in [4.69, 9.17) is 35.3 Å². The average Bonchev–Trinajstić information content (AvgIpc) is 3.50. The molecule has 19 heteroatoms. The van der Waals surface area contributed by atoms with Gasteiger partial charge >= 0.3 is 18.1 Å². The number of aromatic nitrogens is 4. The molecule has 61 heavy (non-hydrogen) atoms. The summed E-state index contributed by atoms with van der Waals surface area (Å²) in [6.45, 7) is 15.5. The lowest BCUT2D eigenvalue weighted by atomic mass is 9.85. The van der Waals surface area contributed by atoms with Gasteiger partial charge in [-0.25, -0.2) is 14.6 Å². The van der Waals surface area contributed by atoms with Crippen molar-refractivity contribution in [2.24, 2.45) is 23.2 Å². The van der Waals surface area contributed by atoms with Gasteiger partial charge in [-0.05, 0) is 54.6 Å². The Morgan fingerprint density at radius 2 is 1.82 bits per heavy atom. The number of nitrogens with one attached hydrogen (secondary N) is 3. The van der Waals surface area contributed by atoms with Crippen molar-refractivity contribution < 1.29 is 48.0 Å². The summed E-state index contributed by atoms with van der Waals surface area (Å²) in [5, 5.41) is 24.2. The molecule has 2 aromatic heterocycles. The third-order valence-electron chi connectivity index (χ3n) is 12.5. The predicted molar refractivity (Wildman–Crippen MR) is 222 cm³/mol. The van der Waals surface area contributed by atoms with Crippen LogP contribution >= 0.6 is 11.6 Å². The van der Waals surface area contributed by atoms with Crippen molar-refractivity contribution in [3.8, 4) is 23.4 Å². The molecule has 2 saturated carbocycles. The Labute approximate surface area is 359 Å². The molecular formula is C42H57ClN8O10. The second-order valence-electron chi connectivity index (χ2n) is 17.9. The molecule has 332 valence electrons. The Morgan fingerprint density at radius 3 is 2.46 bits per heavy atom. The number of aromatic amines is 1. The van der Waals surface area contributed by atoms with Crippen molar-refractivity contribution in [1.29, 1.82) is 0 Å². The first-order valence-electron chi connectivity index (χ1n) is 21.2. The topological polar surface area (TPSA) is 220 Å². The molecule has 4 heterocycles. The molecule has 4 N–H and O–H groups in total. The summed E-state index contributed by atoms with van der Waals surface area (Å²) < 4.78 is 29.9. The van der Waals surface area contributed by atoms with Gasteiger partial charge in [-0.3, -0.25) is 19.5 Å². The number of rotatable bonds is 15. The minimum Gasteiger partial charge on any atom is -0.491 e. The van der Waals surface area contributed by atoms with E-state index in [2.05, 4.69) is 49.5 Å². The Bertz CT molecular complexity index is 2070. The molecule has 1 aromatic carbocycles. The molecule has 0 radical (unpaired) electrons. The monoisotopic (exact) mass is 868 g/mol. The Morgan fingerprint density at radius 1 is 1.08 bits per heavy atom. The Balaban J connectivity index is 1.17. The number of nitrogens with zero attached hydrogens (tertiary/aromatic N) is 5. The van der Waals surface area contributed by atoms with Crippen LogP contribution in [0, 0.1) is 23.2 Å². The van der Waals surface area contributed by atoms with Gasteiger partial charge < -0.3 is 44.3 Å². The van der Waals surface area contributed by atoms with Gasteiger partial charge in [-0.15, -0.1) is 5.10 Å². The van der Waals surface area contributed by atoms with Gasteiger partial charge in [0.15, 0.2) is 0 Å². The quantitative estimate of drug-likeness (QED) is 0.161. The number of pyridine rings is 1. The lowest BCUT2D eigenvalue weighted by molar-refractivity contribution is -0.146. The van der Waals surface area contributed by atoms with Crippen LogP contribution in [0.25, 0.3) is 10.9 Å². The van der Waals surface area contributed by atoms with Gasteiger partial charge in [0.05, 0.1) is 19.8 Å². The molecule has 18 nitrogen and oxygen atoms in total. The van der Waals surface area contributed by atoms with Crippen LogP contribution in [0.15, 0.2) is 24.5 Å². The largest absolute Gasteiger partial charge is 0.491 e. The average molecular weight is 869 g/mol. The first-order chi connectivity index (χ1) is 29.1. The molecule has 3 amide bonds. The van der Waals surface area contributed by atoms with Gasteiger partial charge in [-0.2, -0.15) is 0 Å². The van der Waals surface area contributed by atoms with Crippen LogP contribution in [-0.2, 0) is 23.9 Å². The molecular weight excluding hydrogens is 812 g/mol. The number of alkyl carbamates (subject to hydrolysis) is 1. The number of carboxylic acids is 1. The molecule has 0 spiro atoms. The van der Waals surface area contributed by atoms with Crippen molar-refractivity contribution in [1.82, 2.24) is 40.6 Å². The lowest BCUT2D eigenvalue weighted by Crippen LogP contribution is -2.59. The van der Waals surface area contributed by atoms with E-state index in [1.54, 1.807) is 18.2 Å². The minimum absolute atomic E-state index is 0.00179. The predicted octanol–water partition coefficient (Wildman–Crippen LogP) is 4.80. The number of fused-ring (bicyclic) bond motifs is 1. The highest BCUT2D eigenvalue weighted by Crippen LogP contribution is 2.46. The SMILES string of the molecule is CC[C@@H]1C[C@]1(NC(=O)[C@@H]1C[C@@H](Oc2cc(Oc3nnc[nH]3)nc3c(Cl)c(OCCN4CCOCC4)ccc23)CN1C(=O)[C@@H](NC(=O)O[C@@H]1CC(C)[C@H](C)C1)C(C)(C)C)C(=O)O. The lowest BCUT2D eigenvalue weighted by Gasteiger charge is -2.35. The van der Waals surface area contributed by atoms with Crippen LogP contribution < -0.4 is 24.8 Å². The number of carboxylic acid groups (broad SMARTS) is 1. The summed E-state index contributed by atoms with van der Waals surface area (Å²) in [6, 6.07) is 2.86. The van der Waals surface area contributed by atoms with Crippen molar-refractivity contribution in [2.75, 3.05) is 46.0 Å². The first kappa shape index (κ1) is 44.1. The van der Waals surface area contributed by atoms with Crippen molar-refractivity contribution in [2.45, 2.75) is 103 Å². The van der Waals surface area contributed by atoms with Crippen LogP contribution in [0.1, 0.15) is 73.6 Å². The second kappa shape index (κ2) is 18.2. The second-order valence-corrected chi connectivity index (χ2v) is 18.3. The number of halogens is 1. The highest BCUT2D eigenvalue weighted by Gasteiger charge is 2.61. The van der Waals surface area contributed by atoms with Crippen LogP contribution in [0.4, 0.5) is 4.79 Å². The van der Waals surface area contributed by atoms with Gasteiger partial charge in [0.2, 0.25) is 17.7 Å². The molecule has 0 bridgehead atoms. The van der Waals surface area contributed by atoms with Crippen molar-refractivity contribution in [3.05, 3.63) is 29.5 Å². The van der Waals surface area contributed by atoms with Gasteiger partial charge in [0.25, 0.3) is 0 Å². The summed E-state index contributed by atoms with van der Waals surface area (Å²) in [5.74, 6) is -1.01. The summed E-state index contributed by atoms with van der Waals surface area (Å²) in [7, 11) is 0. The third-order valence-corrected chi connectivity index (χ3v) is 12.9. The summed E-state index contributed by atoms with van der Waals surface area (Å²) in [5.41, 5.74) is -1.94. The van der Waals surface area contributed by atoms with Gasteiger partial charge in [0.1, 0.15) is 64.8 Å². The zero-order chi connectivity index (χ0) is 43.6. The van der Waals surface area contributed by atoms with E-state index in [9.17, 15) is 24.3 Å². The molecule has 8 atom stereocenters. The first-order valence-corrected chi connectivity index (χ1v) is 21.5. The number of hydrogen-bond donors (Lipinski definition) is 4. The zero-order valence-corrected chi connectivity index (χ0v) is 36.3. The smallest absolute Gasteiger partial charge is 0.408 e. The normalized spacial score (nSPS) is 27.0.